The van der Waals surface area contributed by atoms with Crippen molar-refractivity contribution in [3.05, 3.63) is 41.1 Å². The molecule has 0 radical (unpaired) electrons. The lowest BCUT2D eigenvalue weighted by Gasteiger charge is -2.32. The summed E-state index contributed by atoms with van der Waals surface area (Å²) in [5, 5.41) is 11.4. The van der Waals surface area contributed by atoms with E-state index in [0.717, 1.165) is 5.56 Å². The van der Waals surface area contributed by atoms with Gasteiger partial charge in [0, 0.05) is 17.4 Å². The third-order valence-electron chi connectivity index (χ3n) is 3.00. The van der Waals surface area contributed by atoms with Gasteiger partial charge in [0.05, 0.1) is 5.92 Å². The van der Waals surface area contributed by atoms with Crippen LogP contribution in [0.3, 0.4) is 0 Å². The quantitative estimate of drug-likeness (QED) is 0.755. The maximum Gasteiger partial charge on any atom is 0.218 e. The predicted octanol–water partition coefficient (Wildman–Crippen LogP) is 2.30. The standard InChI is InChI=1S/C13H17NO3/c1-3-16-13-10(2)12(9-14(15)17-13)11-7-5-4-6-8-11/h4-10,12-13H,3H2,1-2H3/t10-,12+,13+/m1/s1. The topological polar surface area (TPSA) is 44.5 Å². The zero-order chi connectivity index (χ0) is 12.3. The molecule has 0 unspecified atom stereocenters. The Balaban J connectivity index is 2.24. The second-order valence-electron chi connectivity index (χ2n) is 4.16. The average molecular weight is 235 g/mol. The smallest absolute Gasteiger partial charge is 0.218 e. The minimum absolute atomic E-state index is 0.0269. The highest BCUT2D eigenvalue weighted by atomic mass is 16.9. The van der Waals surface area contributed by atoms with Crippen LogP contribution in [0.5, 0.6) is 0 Å². The van der Waals surface area contributed by atoms with Gasteiger partial charge in [0.1, 0.15) is 0 Å². The van der Waals surface area contributed by atoms with Gasteiger partial charge in [0.2, 0.25) is 6.21 Å². The van der Waals surface area contributed by atoms with Crippen LogP contribution in [0.4, 0.5) is 0 Å². The van der Waals surface area contributed by atoms with E-state index in [9.17, 15) is 5.21 Å². The van der Waals surface area contributed by atoms with Crippen LogP contribution in [0.25, 0.3) is 0 Å². The van der Waals surface area contributed by atoms with E-state index in [1.165, 1.54) is 0 Å². The van der Waals surface area contributed by atoms with E-state index in [2.05, 4.69) is 0 Å². The molecular weight excluding hydrogens is 218 g/mol. The third kappa shape index (κ3) is 2.58. The maximum atomic E-state index is 11.4. The highest BCUT2D eigenvalue weighted by molar-refractivity contribution is 5.64. The van der Waals surface area contributed by atoms with Crippen LogP contribution in [-0.4, -0.2) is 24.0 Å². The van der Waals surface area contributed by atoms with Crippen molar-refractivity contribution in [2.75, 3.05) is 6.61 Å². The van der Waals surface area contributed by atoms with Crippen LogP contribution in [0, 0.1) is 11.1 Å². The van der Waals surface area contributed by atoms with Gasteiger partial charge in [0.15, 0.2) is 6.29 Å². The van der Waals surface area contributed by atoms with Gasteiger partial charge < -0.3 is 9.57 Å². The van der Waals surface area contributed by atoms with Crippen molar-refractivity contribution in [3.8, 4) is 0 Å². The molecule has 1 aliphatic heterocycles. The summed E-state index contributed by atoms with van der Waals surface area (Å²) in [5.74, 6) is 0.140. The fourth-order valence-electron chi connectivity index (χ4n) is 2.08. The molecule has 0 saturated carbocycles. The van der Waals surface area contributed by atoms with Crippen molar-refractivity contribution in [2.24, 2.45) is 5.92 Å². The normalized spacial score (nSPS) is 28.4. The molecule has 1 aromatic carbocycles. The van der Waals surface area contributed by atoms with Crippen LogP contribution < -0.4 is 0 Å². The van der Waals surface area contributed by atoms with Gasteiger partial charge in [-0.15, -0.1) is 0 Å². The molecule has 0 bridgehead atoms. The lowest BCUT2D eigenvalue weighted by Crippen LogP contribution is -2.38. The zero-order valence-electron chi connectivity index (χ0n) is 10.1. The fraction of sp³-hybridized carbons (Fsp3) is 0.462. The van der Waals surface area contributed by atoms with Gasteiger partial charge in [-0.2, -0.15) is 0 Å². The minimum Gasteiger partial charge on any atom is -0.372 e. The van der Waals surface area contributed by atoms with Gasteiger partial charge in [-0.05, 0) is 12.5 Å². The lowest BCUT2D eigenvalue weighted by molar-refractivity contribution is -0.771. The predicted molar refractivity (Wildman–Crippen MR) is 64.5 cm³/mol. The number of rotatable bonds is 3. The number of benzene rings is 1. The molecule has 92 valence electrons. The highest BCUT2D eigenvalue weighted by Gasteiger charge is 2.33. The van der Waals surface area contributed by atoms with Gasteiger partial charge >= 0.3 is 0 Å². The van der Waals surface area contributed by atoms with E-state index in [1.807, 2.05) is 44.2 Å². The molecule has 4 nitrogen and oxygen atoms in total. The van der Waals surface area contributed by atoms with Crippen molar-refractivity contribution in [1.82, 2.24) is 0 Å². The molecule has 0 aromatic heterocycles. The Morgan fingerprint density at radius 3 is 2.71 bits per heavy atom. The first-order valence-corrected chi connectivity index (χ1v) is 5.87. The number of nitrogens with zero attached hydrogens (tertiary/aromatic N) is 1. The summed E-state index contributed by atoms with van der Waals surface area (Å²) < 4.78 is 5.43. The zero-order valence-corrected chi connectivity index (χ0v) is 10.1. The molecule has 1 heterocycles. The summed E-state index contributed by atoms with van der Waals surface area (Å²) in [4.78, 5) is 5.60. The molecule has 4 heteroatoms. The largest absolute Gasteiger partial charge is 0.372 e. The second-order valence-corrected chi connectivity index (χ2v) is 4.16. The minimum atomic E-state index is -0.479. The van der Waals surface area contributed by atoms with Gasteiger partial charge in [-0.1, -0.05) is 37.3 Å². The Morgan fingerprint density at radius 2 is 2.06 bits per heavy atom. The summed E-state index contributed by atoms with van der Waals surface area (Å²) in [6.45, 7) is 4.45. The van der Waals surface area contributed by atoms with Crippen molar-refractivity contribution in [2.45, 2.75) is 26.1 Å². The van der Waals surface area contributed by atoms with Crippen LogP contribution in [0.15, 0.2) is 30.3 Å². The van der Waals surface area contributed by atoms with E-state index >= 15 is 0 Å². The van der Waals surface area contributed by atoms with Gasteiger partial charge in [0.25, 0.3) is 0 Å². The highest BCUT2D eigenvalue weighted by Crippen LogP contribution is 2.30. The molecule has 0 N–H and O–H groups in total. The number of hydrogen-bond donors (Lipinski definition) is 0. The molecule has 0 fully saturated rings. The molecular formula is C13H17NO3. The van der Waals surface area contributed by atoms with E-state index < -0.39 is 6.29 Å². The Hall–Kier alpha value is -1.55. The van der Waals surface area contributed by atoms with Crippen LogP contribution in [-0.2, 0) is 9.57 Å². The van der Waals surface area contributed by atoms with Crippen molar-refractivity contribution >= 4 is 6.21 Å². The van der Waals surface area contributed by atoms with E-state index in [1.54, 1.807) is 6.21 Å². The molecule has 17 heavy (non-hydrogen) atoms. The lowest BCUT2D eigenvalue weighted by atomic mass is 9.87. The first-order chi connectivity index (χ1) is 8.22. The summed E-state index contributed by atoms with van der Waals surface area (Å²) in [7, 11) is 0. The molecule has 0 spiro atoms. The molecule has 3 atom stereocenters. The Kier molecular flexibility index (Phi) is 3.64. The third-order valence-corrected chi connectivity index (χ3v) is 3.00. The van der Waals surface area contributed by atoms with E-state index in [4.69, 9.17) is 9.57 Å². The fourth-order valence-corrected chi connectivity index (χ4v) is 2.08. The first-order valence-electron chi connectivity index (χ1n) is 5.87. The van der Waals surface area contributed by atoms with Crippen molar-refractivity contribution in [3.63, 3.8) is 0 Å². The average Bonchev–Trinajstić information content (AvgIpc) is 2.35. The van der Waals surface area contributed by atoms with E-state index in [-0.39, 0.29) is 11.8 Å². The second kappa shape index (κ2) is 5.19. The van der Waals surface area contributed by atoms with Gasteiger partial charge in [-0.25, -0.2) is 0 Å². The summed E-state index contributed by atoms with van der Waals surface area (Å²) >= 11 is 0. The molecule has 1 aromatic rings. The van der Waals surface area contributed by atoms with E-state index in [0.29, 0.717) is 11.5 Å². The summed E-state index contributed by atoms with van der Waals surface area (Å²) in [6.07, 6.45) is 1.07. The molecule has 0 amide bonds. The monoisotopic (exact) mass is 235 g/mol. The SMILES string of the molecule is CCO[C@H]1O[N+]([O-])=C[C@H](c2ccccc2)[C@H]1C. The summed E-state index contributed by atoms with van der Waals surface area (Å²) in [6, 6.07) is 9.93. The van der Waals surface area contributed by atoms with Crippen LogP contribution in [0.1, 0.15) is 25.3 Å². The van der Waals surface area contributed by atoms with Gasteiger partial charge in [-0.3, -0.25) is 5.21 Å². The molecule has 0 aliphatic carbocycles. The summed E-state index contributed by atoms with van der Waals surface area (Å²) in [5.41, 5.74) is 1.11. The Morgan fingerprint density at radius 1 is 1.35 bits per heavy atom. The number of ether oxygens (including phenoxy) is 1. The molecule has 1 aliphatic rings. The van der Waals surface area contributed by atoms with Crippen molar-refractivity contribution in [1.29, 1.82) is 0 Å². The maximum absolute atomic E-state index is 11.4. The van der Waals surface area contributed by atoms with Crippen molar-refractivity contribution < 1.29 is 14.5 Å². The van der Waals surface area contributed by atoms with Crippen LogP contribution >= 0.6 is 0 Å². The van der Waals surface area contributed by atoms with Crippen LogP contribution in [0.2, 0.25) is 0 Å². The molecule has 0 saturated heterocycles. The Bertz CT molecular complexity index is 391. The Labute approximate surface area is 101 Å². The number of hydrogen-bond acceptors (Lipinski definition) is 3. The molecule has 2 rings (SSSR count). The first kappa shape index (κ1) is 11.9.